The molecular formula is C20H29F3N4O2. The molecule has 0 heterocycles. The van der Waals surface area contributed by atoms with Crippen molar-refractivity contribution in [3.05, 3.63) is 29.6 Å². The monoisotopic (exact) mass is 414 g/mol. The molecule has 6 nitrogen and oxygen atoms in total. The number of alkyl halides is 2. The highest BCUT2D eigenvalue weighted by Gasteiger charge is 2.28. The Kier molecular flexibility index (Phi) is 8.60. The fourth-order valence-corrected chi connectivity index (χ4v) is 3.44. The van der Waals surface area contributed by atoms with Crippen LogP contribution in [-0.2, 0) is 11.3 Å². The average Bonchev–Trinajstić information content (AvgIpc) is 2.65. The number of guanidine groups is 1. The molecule has 1 aliphatic carbocycles. The van der Waals surface area contributed by atoms with E-state index in [1.807, 2.05) is 13.8 Å². The lowest BCUT2D eigenvalue weighted by molar-refractivity contribution is -0.126. The summed E-state index contributed by atoms with van der Waals surface area (Å²) in [5, 5.41) is 9.12. The summed E-state index contributed by atoms with van der Waals surface area (Å²) >= 11 is 0. The number of hydrogen-bond donors (Lipinski definition) is 3. The number of hydrogen-bond acceptors (Lipinski definition) is 3. The van der Waals surface area contributed by atoms with E-state index in [9.17, 15) is 18.0 Å². The lowest BCUT2D eigenvalue weighted by atomic mass is 9.85. The van der Waals surface area contributed by atoms with E-state index in [1.54, 1.807) is 7.05 Å². The Morgan fingerprint density at radius 3 is 2.72 bits per heavy atom. The van der Waals surface area contributed by atoms with Crippen molar-refractivity contribution in [1.82, 2.24) is 16.0 Å². The fraction of sp³-hybridized carbons (Fsp3) is 0.600. The molecule has 0 saturated heterocycles. The van der Waals surface area contributed by atoms with Gasteiger partial charge in [0.2, 0.25) is 5.91 Å². The van der Waals surface area contributed by atoms with Gasteiger partial charge in [-0.1, -0.05) is 12.5 Å². The number of ether oxygens (including phenoxy) is 1. The van der Waals surface area contributed by atoms with E-state index in [0.29, 0.717) is 12.4 Å². The van der Waals surface area contributed by atoms with Gasteiger partial charge in [-0.3, -0.25) is 9.79 Å². The number of rotatable bonds is 7. The van der Waals surface area contributed by atoms with Crippen LogP contribution in [0.25, 0.3) is 0 Å². The van der Waals surface area contributed by atoms with Crippen LogP contribution in [0.4, 0.5) is 13.2 Å². The maximum atomic E-state index is 14.1. The summed E-state index contributed by atoms with van der Waals surface area (Å²) < 4.78 is 43.6. The second kappa shape index (κ2) is 10.9. The van der Waals surface area contributed by atoms with Crippen molar-refractivity contribution in [3.63, 3.8) is 0 Å². The largest absolute Gasteiger partial charge is 0.434 e. The third-order valence-electron chi connectivity index (χ3n) is 4.76. The van der Waals surface area contributed by atoms with Gasteiger partial charge in [-0.25, -0.2) is 4.39 Å². The van der Waals surface area contributed by atoms with Crippen LogP contribution in [0, 0.1) is 11.7 Å². The number of nitrogens with one attached hydrogen (secondary N) is 3. The van der Waals surface area contributed by atoms with Gasteiger partial charge >= 0.3 is 6.61 Å². The molecule has 1 aromatic carbocycles. The predicted molar refractivity (Wildman–Crippen MR) is 105 cm³/mol. The van der Waals surface area contributed by atoms with E-state index < -0.39 is 12.4 Å². The Morgan fingerprint density at radius 1 is 1.31 bits per heavy atom. The highest BCUT2D eigenvalue weighted by molar-refractivity contribution is 5.81. The first-order valence-corrected chi connectivity index (χ1v) is 9.80. The molecule has 2 rings (SSSR count). The SMILES string of the molecule is CN=C(NCc1c(F)cccc1OC(F)F)NC1CCCC(C(=O)NC(C)C)C1. The summed E-state index contributed by atoms with van der Waals surface area (Å²) in [5.41, 5.74) is -0.00594. The van der Waals surface area contributed by atoms with Crippen molar-refractivity contribution >= 4 is 11.9 Å². The molecule has 2 unspecified atom stereocenters. The maximum Gasteiger partial charge on any atom is 0.387 e. The maximum absolute atomic E-state index is 14.1. The summed E-state index contributed by atoms with van der Waals surface area (Å²) in [4.78, 5) is 16.4. The van der Waals surface area contributed by atoms with Gasteiger partial charge in [0, 0.05) is 37.2 Å². The van der Waals surface area contributed by atoms with Gasteiger partial charge in [-0.2, -0.15) is 8.78 Å². The van der Waals surface area contributed by atoms with Crippen LogP contribution in [0.15, 0.2) is 23.2 Å². The highest BCUT2D eigenvalue weighted by Crippen LogP contribution is 2.25. The molecule has 1 saturated carbocycles. The van der Waals surface area contributed by atoms with Crippen LogP contribution in [0.2, 0.25) is 0 Å². The zero-order valence-electron chi connectivity index (χ0n) is 17.0. The molecule has 3 N–H and O–H groups in total. The Labute approximate surface area is 169 Å². The Balaban J connectivity index is 1.95. The van der Waals surface area contributed by atoms with E-state index in [-0.39, 0.29) is 41.8 Å². The summed E-state index contributed by atoms with van der Waals surface area (Å²) in [5.74, 6) is -0.472. The van der Waals surface area contributed by atoms with Gasteiger partial charge in [-0.05, 0) is 45.2 Å². The number of nitrogens with zero attached hydrogens (tertiary/aromatic N) is 1. The quantitative estimate of drug-likeness (QED) is 0.473. The second-order valence-corrected chi connectivity index (χ2v) is 7.39. The summed E-state index contributed by atoms with van der Waals surface area (Å²) in [6.07, 6.45) is 3.29. The lowest BCUT2D eigenvalue weighted by Crippen LogP contribution is -2.47. The van der Waals surface area contributed by atoms with Gasteiger partial charge in [0.05, 0.1) is 0 Å². The first-order valence-electron chi connectivity index (χ1n) is 9.80. The number of carbonyl (C=O) groups excluding carboxylic acids is 1. The average molecular weight is 414 g/mol. The minimum absolute atomic E-state index is 0.00594. The Bertz CT molecular complexity index is 713. The fourth-order valence-electron chi connectivity index (χ4n) is 3.44. The topological polar surface area (TPSA) is 74.8 Å². The zero-order chi connectivity index (χ0) is 21.4. The number of carbonyl (C=O) groups is 1. The normalized spacial score (nSPS) is 19.9. The lowest BCUT2D eigenvalue weighted by Gasteiger charge is -2.30. The standard InChI is InChI=1S/C20H29F3N4O2/c1-12(2)26-18(28)13-6-4-7-14(10-13)27-20(24-3)25-11-15-16(21)8-5-9-17(15)29-19(22)23/h5,8-9,12-14,19H,4,6-7,10-11H2,1-3H3,(H,26,28)(H2,24,25,27). The van der Waals surface area contributed by atoms with Crippen LogP contribution in [0.5, 0.6) is 5.75 Å². The number of aliphatic imine (C=N–C) groups is 1. The molecular weight excluding hydrogens is 385 g/mol. The van der Waals surface area contributed by atoms with E-state index in [4.69, 9.17) is 0 Å². The third kappa shape index (κ3) is 7.14. The molecule has 1 amide bonds. The van der Waals surface area contributed by atoms with Crippen molar-refractivity contribution < 1.29 is 22.7 Å². The zero-order valence-corrected chi connectivity index (χ0v) is 17.0. The first kappa shape index (κ1) is 22.8. The van der Waals surface area contributed by atoms with Gasteiger partial charge in [0.15, 0.2) is 5.96 Å². The molecule has 0 radical (unpaired) electrons. The first-order chi connectivity index (χ1) is 13.8. The van der Waals surface area contributed by atoms with Crippen LogP contribution in [0.3, 0.4) is 0 Å². The van der Waals surface area contributed by atoms with Crippen molar-refractivity contribution in [2.75, 3.05) is 7.05 Å². The van der Waals surface area contributed by atoms with Crippen LogP contribution in [0.1, 0.15) is 45.1 Å². The Hall–Kier alpha value is -2.45. The van der Waals surface area contributed by atoms with E-state index in [2.05, 4.69) is 25.7 Å². The molecule has 0 spiro atoms. The number of halogens is 3. The molecule has 1 aromatic rings. The highest BCUT2D eigenvalue weighted by atomic mass is 19.3. The minimum Gasteiger partial charge on any atom is -0.434 e. The molecule has 1 fully saturated rings. The van der Waals surface area contributed by atoms with E-state index in [0.717, 1.165) is 19.3 Å². The molecule has 0 aromatic heterocycles. The van der Waals surface area contributed by atoms with E-state index >= 15 is 0 Å². The summed E-state index contributed by atoms with van der Waals surface area (Å²) in [7, 11) is 1.57. The third-order valence-corrected chi connectivity index (χ3v) is 4.76. The van der Waals surface area contributed by atoms with Gasteiger partial charge in [0.1, 0.15) is 11.6 Å². The van der Waals surface area contributed by atoms with Crippen molar-refractivity contribution in [1.29, 1.82) is 0 Å². The predicted octanol–water partition coefficient (Wildman–Crippen LogP) is 3.18. The number of benzene rings is 1. The molecule has 0 aliphatic heterocycles. The molecule has 0 bridgehead atoms. The van der Waals surface area contributed by atoms with Crippen LogP contribution < -0.4 is 20.7 Å². The molecule has 162 valence electrons. The number of amides is 1. The molecule has 29 heavy (non-hydrogen) atoms. The molecule has 2 atom stereocenters. The summed E-state index contributed by atoms with van der Waals surface area (Å²) in [6.45, 7) is 0.746. The Morgan fingerprint density at radius 2 is 2.07 bits per heavy atom. The van der Waals surface area contributed by atoms with E-state index in [1.165, 1.54) is 18.2 Å². The van der Waals surface area contributed by atoms with Crippen molar-refractivity contribution in [3.8, 4) is 5.75 Å². The second-order valence-electron chi connectivity index (χ2n) is 7.39. The molecule has 9 heteroatoms. The minimum atomic E-state index is -3.04. The van der Waals surface area contributed by atoms with Crippen molar-refractivity contribution in [2.24, 2.45) is 10.9 Å². The smallest absolute Gasteiger partial charge is 0.387 e. The van der Waals surface area contributed by atoms with Gasteiger partial charge in [0.25, 0.3) is 0 Å². The van der Waals surface area contributed by atoms with Crippen LogP contribution in [-0.4, -0.2) is 37.6 Å². The van der Waals surface area contributed by atoms with Gasteiger partial charge in [-0.15, -0.1) is 0 Å². The summed E-state index contributed by atoms with van der Waals surface area (Å²) in [6, 6.07) is 3.92. The van der Waals surface area contributed by atoms with Gasteiger partial charge < -0.3 is 20.7 Å². The van der Waals surface area contributed by atoms with Crippen molar-refractivity contribution in [2.45, 2.75) is 64.8 Å². The molecule has 1 aliphatic rings. The van der Waals surface area contributed by atoms with Crippen LogP contribution >= 0.6 is 0 Å².